The van der Waals surface area contributed by atoms with E-state index in [-0.39, 0.29) is 0 Å². The first-order chi connectivity index (χ1) is 20.4. The summed E-state index contributed by atoms with van der Waals surface area (Å²) in [7, 11) is -3.16. The molecule has 4 aromatic rings. The van der Waals surface area contributed by atoms with Gasteiger partial charge in [-0.3, -0.25) is 0 Å². The fourth-order valence-electron chi connectivity index (χ4n) is 6.87. The third kappa shape index (κ3) is 3.52. The zero-order valence-corrected chi connectivity index (χ0v) is 24.0. The molecule has 0 fully saturated rings. The summed E-state index contributed by atoms with van der Waals surface area (Å²) in [5.41, 5.74) is 9.93. The fraction of sp³-hybridized carbons (Fsp3) is 0.111. The van der Waals surface area contributed by atoms with Crippen molar-refractivity contribution in [2.45, 2.75) is 25.7 Å². The van der Waals surface area contributed by atoms with Crippen LogP contribution in [-0.4, -0.2) is 8.72 Å². The molecule has 0 saturated heterocycles. The summed E-state index contributed by atoms with van der Waals surface area (Å²) in [5, 5.41) is 0. The summed E-state index contributed by atoms with van der Waals surface area (Å²) < 4.78 is 10.8. The van der Waals surface area contributed by atoms with Crippen LogP contribution in [0.1, 0.15) is 25.7 Å². The van der Waals surface area contributed by atoms with E-state index in [1.807, 2.05) is 0 Å². The zero-order valence-electron chi connectivity index (χ0n) is 23.0. The van der Waals surface area contributed by atoms with E-state index in [0.29, 0.717) is 0 Å². The molecule has 0 atom stereocenters. The second kappa shape index (κ2) is 9.72. The number of hydrogen-bond donors (Lipinski definition) is 0. The van der Waals surface area contributed by atoms with Crippen molar-refractivity contribution < 1.29 is 0 Å². The maximum Gasteiger partial charge on any atom is 0.521 e. The molecule has 0 radical (unpaired) electrons. The lowest BCUT2D eigenvalue weighted by molar-refractivity contribution is 0.985. The van der Waals surface area contributed by atoms with Gasteiger partial charge in [0, 0.05) is 22.8 Å². The lowest BCUT2D eigenvalue weighted by atomic mass is 10.1. The molecule has 0 aromatic heterocycles. The predicted octanol–water partition coefficient (Wildman–Crippen LogP) is 9.21. The van der Waals surface area contributed by atoms with Gasteiger partial charge in [-0.25, -0.2) is 0 Å². The normalized spacial score (nSPS) is 18.4. The highest BCUT2D eigenvalue weighted by Crippen LogP contribution is 2.60. The van der Waals surface area contributed by atoms with E-state index >= 15 is 0 Å². The SMILES string of the molecule is C1=CC(N2c3ccccc3N(c3ccccc3)[Si]23N(C2=CCCC=C2)c2ccccc2N3c2ccccc2)=CCC1. The Kier molecular flexibility index (Phi) is 5.71. The van der Waals surface area contributed by atoms with Crippen LogP contribution in [0.5, 0.6) is 0 Å². The minimum absolute atomic E-state index is 1.04. The van der Waals surface area contributed by atoms with Crippen molar-refractivity contribution in [3.63, 3.8) is 0 Å². The number of para-hydroxylation sites is 6. The first kappa shape index (κ1) is 24.1. The van der Waals surface area contributed by atoms with Crippen LogP contribution in [0, 0.1) is 0 Å². The number of allylic oxidation sites excluding steroid dienone is 6. The molecule has 41 heavy (non-hydrogen) atoms. The molecule has 0 N–H and O–H groups in total. The van der Waals surface area contributed by atoms with Crippen molar-refractivity contribution in [2.24, 2.45) is 0 Å². The van der Waals surface area contributed by atoms with Crippen LogP contribution in [0.3, 0.4) is 0 Å². The number of anilines is 6. The monoisotopic (exact) mass is 548 g/mol. The van der Waals surface area contributed by atoms with Gasteiger partial charge < -0.3 is 18.3 Å². The Labute approximate surface area is 243 Å². The largest absolute Gasteiger partial charge is 0.521 e. The van der Waals surface area contributed by atoms with Crippen molar-refractivity contribution in [2.75, 3.05) is 18.3 Å². The first-order valence-electron chi connectivity index (χ1n) is 14.6. The topological polar surface area (TPSA) is 13.0 Å². The minimum atomic E-state index is -3.16. The number of rotatable bonds is 4. The molecule has 2 heterocycles. The van der Waals surface area contributed by atoms with E-state index in [9.17, 15) is 0 Å². The van der Waals surface area contributed by atoms with E-state index in [2.05, 4.69) is 164 Å². The molecule has 8 rings (SSSR count). The molecule has 200 valence electrons. The number of hydrogen-bond acceptors (Lipinski definition) is 4. The van der Waals surface area contributed by atoms with Crippen LogP contribution in [0.4, 0.5) is 34.1 Å². The van der Waals surface area contributed by atoms with E-state index in [0.717, 1.165) is 25.7 Å². The minimum Gasteiger partial charge on any atom is -0.314 e. The highest BCUT2D eigenvalue weighted by Gasteiger charge is 2.70. The molecule has 1 spiro atoms. The molecule has 5 heteroatoms. The van der Waals surface area contributed by atoms with Gasteiger partial charge in [-0.1, -0.05) is 85.0 Å². The van der Waals surface area contributed by atoms with Crippen molar-refractivity contribution in [3.05, 3.63) is 157 Å². The standard InChI is InChI=1S/C36H32N4Si/c1-5-17-29(18-6-1)37-33-25-13-14-26-34(33)38(30-19-7-2-8-20-30)41(37)39(31-21-9-3-10-22-31)35-27-15-16-28-36(35)40(41)32-23-11-4-12-24-32/h1,3,5-7,9-11,13-28H,2,4,8,12H2. The fourth-order valence-corrected chi connectivity index (χ4v) is 12.1. The number of fused-ring (bicyclic) bond motifs is 2. The van der Waals surface area contributed by atoms with Gasteiger partial charge in [0.1, 0.15) is 0 Å². The van der Waals surface area contributed by atoms with Crippen molar-refractivity contribution >= 4 is 42.8 Å². The maximum absolute atomic E-state index is 3.16. The molecular formula is C36H32N4Si. The molecule has 0 unspecified atom stereocenters. The third-order valence-corrected chi connectivity index (χ3v) is 12.8. The molecular weight excluding hydrogens is 517 g/mol. The molecule has 2 aliphatic heterocycles. The summed E-state index contributed by atoms with van der Waals surface area (Å²) in [6, 6.07) is 40.0. The van der Waals surface area contributed by atoms with Gasteiger partial charge in [-0.2, -0.15) is 0 Å². The zero-order chi connectivity index (χ0) is 27.2. The van der Waals surface area contributed by atoms with E-state index < -0.39 is 8.72 Å². The highest BCUT2D eigenvalue weighted by molar-refractivity contribution is 6.98. The van der Waals surface area contributed by atoms with Gasteiger partial charge in [-0.05, 0) is 86.4 Å². The van der Waals surface area contributed by atoms with Gasteiger partial charge in [0.05, 0.1) is 22.7 Å². The van der Waals surface area contributed by atoms with Gasteiger partial charge >= 0.3 is 8.72 Å². The summed E-state index contributed by atoms with van der Waals surface area (Å²) in [6.07, 6.45) is 18.5. The summed E-state index contributed by atoms with van der Waals surface area (Å²) in [6.45, 7) is 0. The lowest BCUT2D eigenvalue weighted by Gasteiger charge is -2.50. The van der Waals surface area contributed by atoms with Gasteiger partial charge in [0.25, 0.3) is 0 Å². The van der Waals surface area contributed by atoms with E-state index in [4.69, 9.17) is 0 Å². The second-order valence-corrected chi connectivity index (χ2v) is 13.8. The molecule has 4 aromatic carbocycles. The summed E-state index contributed by atoms with van der Waals surface area (Å²) >= 11 is 0. The Balaban J connectivity index is 1.54. The van der Waals surface area contributed by atoms with Crippen molar-refractivity contribution in [3.8, 4) is 0 Å². The smallest absolute Gasteiger partial charge is 0.314 e. The molecule has 4 nitrogen and oxygen atoms in total. The van der Waals surface area contributed by atoms with Gasteiger partial charge in [0.15, 0.2) is 0 Å². The van der Waals surface area contributed by atoms with Crippen LogP contribution >= 0.6 is 0 Å². The quantitative estimate of drug-likeness (QED) is 0.236. The van der Waals surface area contributed by atoms with Crippen molar-refractivity contribution in [1.29, 1.82) is 0 Å². The van der Waals surface area contributed by atoms with Crippen LogP contribution < -0.4 is 18.3 Å². The predicted molar refractivity (Wildman–Crippen MR) is 174 cm³/mol. The molecule has 0 saturated carbocycles. The Morgan fingerprint density at radius 3 is 1.12 bits per heavy atom. The van der Waals surface area contributed by atoms with Crippen LogP contribution in [-0.2, 0) is 0 Å². The molecule has 0 amide bonds. The van der Waals surface area contributed by atoms with Gasteiger partial charge in [-0.15, -0.1) is 0 Å². The number of benzene rings is 4. The molecule has 2 aliphatic carbocycles. The molecule has 4 aliphatic rings. The Hall–Kier alpha value is -4.74. The maximum atomic E-state index is 2.71. The van der Waals surface area contributed by atoms with Gasteiger partial charge in [0.2, 0.25) is 0 Å². The second-order valence-electron chi connectivity index (χ2n) is 10.8. The van der Waals surface area contributed by atoms with Crippen LogP contribution in [0.25, 0.3) is 0 Å². The third-order valence-electron chi connectivity index (χ3n) is 8.42. The highest BCUT2D eigenvalue weighted by atomic mass is 28.4. The Morgan fingerprint density at radius 2 is 0.756 bits per heavy atom. The summed E-state index contributed by atoms with van der Waals surface area (Å²) in [5.74, 6) is 0. The van der Waals surface area contributed by atoms with Crippen LogP contribution in [0.15, 0.2) is 157 Å². The van der Waals surface area contributed by atoms with Crippen LogP contribution in [0.2, 0.25) is 0 Å². The number of nitrogens with zero attached hydrogens (tertiary/aromatic N) is 4. The Morgan fingerprint density at radius 1 is 0.390 bits per heavy atom. The summed E-state index contributed by atoms with van der Waals surface area (Å²) in [4.78, 5) is 0. The Bertz CT molecular complexity index is 1590. The van der Waals surface area contributed by atoms with Crippen molar-refractivity contribution in [1.82, 2.24) is 0 Å². The lowest BCUT2D eigenvalue weighted by Crippen LogP contribution is -2.77. The van der Waals surface area contributed by atoms with E-state index in [1.54, 1.807) is 0 Å². The van der Waals surface area contributed by atoms with E-state index in [1.165, 1.54) is 45.5 Å². The first-order valence-corrected chi connectivity index (χ1v) is 16.4. The molecule has 0 bridgehead atoms. The average Bonchev–Trinajstić information content (AvgIpc) is 3.51. The average molecular weight is 549 g/mol.